The van der Waals surface area contributed by atoms with Gasteiger partial charge in [-0.15, -0.1) is 0 Å². The second-order valence-electron chi connectivity index (χ2n) is 17.3. The third-order valence-corrected chi connectivity index (χ3v) is 10.7. The zero-order valence-electron chi connectivity index (χ0n) is 36.8. The van der Waals surface area contributed by atoms with Crippen LogP contribution in [0, 0.1) is 11.8 Å². The molecule has 54 heavy (non-hydrogen) atoms. The zero-order valence-corrected chi connectivity index (χ0v) is 36.8. The number of esters is 3. The second kappa shape index (κ2) is 41.1. The summed E-state index contributed by atoms with van der Waals surface area (Å²) in [7, 11) is 0. The Morgan fingerprint density at radius 3 is 0.907 bits per heavy atom. The summed E-state index contributed by atoms with van der Waals surface area (Å²) >= 11 is 0. The van der Waals surface area contributed by atoms with Crippen molar-refractivity contribution < 1.29 is 28.6 Å². The van der Waals surface area contributed by atoms with Gasteiger partial charge >= 0.3 is 17.9 Å². The molecule has 0 amide bonds. The molecule has 1 atom stereocenters. The molecule has 0 aromatic carbocycles. The Labute approximate surface area is 336 Å². The number of unbranched alkanes of at least 4 members (excludes halogenated alkanes) is 27. The summed E-state index contributed by atoms with van der Waals surface area (Å²) in [6, 6.07) is 0. The Morgan fingerprint density at radius 1 is 0.352 bits per heavy atom. The minimum absolute atomic E-state index is 0.0654. The lowest BCUT2D eigenvalue weighted by atomic mass is 10.0. The highest BCUT2D eigenvalue weighted by Crippen LogP contribution is 2.17. The molecule has 0 heterocycles. The Morgan fingerprint density at radius 2 is 0.611 bits per heavy atom. The van der Waals surface area contributed by atoms with Crippen LogP contribution in [0.4, 0.5) is 0 Å². The van der Waals surface area contributed by atoms with E-state index in [4.69, 9.17) is 14.2 Å². The Kier molecular flexibility index (Phi) is 39.8. The molecular weight excluding hydrogens is 673 g/mol. The van der Waals surface area contributed by atoms with E-state index in [0.717, 1.165) is 69.6 Å². The fourth-order valence-electron chi connectivity index (χ4n) is 7.11. The SMILES string of the molecule is CCCCCCCCCC(=O)OC[C@H](COC(=O)CCCCCCCCCCCCCCCCCCC(C)C)OC(=O)CCCCCCCCCC(C)C. The van der Waals surface area contributed by atoms with E-state index in [-0.39, 0.29) is 31.1 Å². The van der Waals surface area contributed by atoms with E-state index in [1.807, 2.05) is 0 Å². The number of carbonyl (C=O) groups excluding carboxylic acids is 3. The smallest absolute Gasteiger partial charge is 0.306 e. The van der Waals surface area contributed by atoms with Gasteiger partial charge in [-0.05, 0) is 31.1 Å². The van der Waals surface area contributed by atoms with Gasteiger partial charge < -0.3 is 14.2 Å². The lowest BCUT2D eigenvalue weighted by molar-refractivity contribution is -0.167. The van der Waals surface area contributed by atoms with Gasteiger partial charge in [0.1, 0.15) is 13.2 Å². The van der Waals surface area contributed by atoms with Crippen LogP contribution in [-0.2, 0) is 28.6 Å². The fraction of sp³-hybridized carbons (Fsp3) is 0.938. The van der Waals surface area contributed by atoms with E-state index in [9.17, 15) is 14.4 Å². The van der Waals surface area contributed by atoms with Crippen molar-refractivity contribution in [2.24, 2.45) is 11.8 Å². The van der Waals surface area contributed by atoms with E-state index in [0.29, 0.717) is 19.3 Å². The molecule has 0 aromatic heterocycles. The molecule has 0 rings (SSSR count). The molecule has 0 unspecified atom stereocenters. The van der Waals surface area contributed by atoms with Crippen molar-refractivity contribution in [2.75, 3.05) is 13.2 Å². The third kappa shape index (κ3) is 41.6. The predicted molar refractivity (Wildman–Crippen MR) is 229 cm³/mol. The molecule has 0 aliphatic carbocycles. The summed E-state index contributed by atoms with van der Waals surface area (Å²) in [6.07, 6.45) is 39.7. The van der Waals surface area contributed by atoms with Crippen LogP contribution >= 0.6 is 0 Å². The fourth-order valence-corrected chi connectivity index (χ4v) is 7.11. The average Bonchev–Trinajstić information content (AvgIpc) is 3.14. The van der Waals surface area contributed by atoms with Crippen molar-refractivity contribution >= 4 is 17.9 Å². The van der Waals surface area contributed by atoms with Crippen molar-refractivity contribution in [1.29, 1.82) is 0 Å². The normalized spacial score (nSPS) is 12.1. The van der Waals surface area contributed by atoms with Gasteiger partial charge in [-0.25, -0.2) is 0 Å². The van der Waals surface area contributed by atoms with Crippen molar-refractivity contribution in [3.8, 4) is 0 Å². The van der Waals surface area contributed by atoms with Crippen LogP contribution < -0.4 is 0 Å². The van der Waals surface area contributed by atoms with Crippen molar-refractivity contribution in [3.63, 3.8) is 0 Å². The molecule has 0 aliphatic heterocycles. The minimum Gasteiger partial charge on any atom is -0.462 e. The maximum absolute atomic E-state index is 12.7. The van der Waals surface area contributed by atoms with Crippen molar-refractivity contribution in [1.82, 2.24) is 0 Å². The van der Waals surface area contributed by atoms with Gasteiger partial charge in [0.05, 0.1) is 0 Å². The van der Waals surface area contributed by atoms with Crippen LogP contribution in [0.25, 0.3) is 0 Å². The monoisotopic (exact) mass is 765 g/mol. The molecule has 320 valence electrons. The first-order valence-electron chi connectivity index (χ1n) is 23.7. The molecule has 6 heteroatoms. The van der Waals surface area contributed by atoms with Crippen LogP contribution in [0.5, 0.6) is 0 Å². The number of rotatable bonds is 42. The summed E-state index contributed by atoms with van der Waals surface area (Å²) in [5, 5.41) is 0. The van der Waals surface area contributed by atoms with E-state index >= 15 is 0 Å². The molecule has 0 spiro atoms. The second-order valence-corrected chi connectivity index (χ2v) is 17.3. The van der Waals surface area contributed by atoms with Crippen LogP contribution in [0.15, 0.2) is 0 Å². The molecule has 0 saturated carbocycles. The molecule has 0 fully saturated rings. The van der Waals surface area contributed by atoms with Gasteiger partial charge in [0.15, 0.2) is 6.10 Å². The maximum atomic E-state index is 12.7. The molecule has 0 radical (unpaired) electrons. The number of carbonyl (C=O) groups is 3. The standard InChI is InChI=1S/C48H92O6/c1-6-7-8-9-21-28-33-38-46(49)52-41-45(54-48(51)40-35-30-25-20-23-27-32-37-44(4)5)42-53-47(50)39-34-29-24-19-17-15-13-11-10-12-14-16-18-22-26-31-36-43(2)3/h43-45H,6-42H2,1-5H3/t45-/m1/s1. The van der Waals surface area contributed by atoms with Gasteiger partial charge in [0, 0.05) is 19.3 Å². The first-order valence-corrected chi connectivity index (χ1v) is 23.7. The highest BCUT2D eigenvalue weighted by molar-refractivity contribution is 5.71. The van der Waals surface area contributed by atoms with E-state index in [1.54, 1.807) is 0 Å². The number of hydrogen-bond donors (Lipinski definition) is 0. The van der Waals surface area contributed by atoms with E-state index in [1.165, 1.54) is 148 Å². The Bertz CT molecular complexity index is 824. The summed E-state index contributed by atoms with van der Waals surface area (Å²) in [6.45, 7) is 11.3. The zero-order chi connectivity index (χ0) is 39.7. The highest BCUT2D eigenvalue weighted by atomic mass is 16.6. The van der Waals surface area contributed by atoms with Crippen LogP contribution in [0.3, 0.4) is 0 Å². The summed E-state index contributed by atoms with van der Waals surface area (Å²) < 4.78 is 16.7. The molecule has 0 bridgehead atoms. The van der Waals surface area contributed by atoms with E-state index < -0.39 is 6.10 Å². The number of hydrogen-bond acceptors (Lipinski definition) is 6. The summed E-state index contributed by atoms with van der Waals surface area (Å²) in [4.78, 5) is 37.6. The molecule has 0 N–H and O–H groups in total. The lowest BCUT2D eigenvalue weighted by Gasteiger charge is -2.18. The minimum atomic E-state index is -0.759. The largest absolute Gasteiger partial charge is 0.462 e. The van der Waals surface area contributed by atoms with Gasteiger partial charge in [0.25, 0.3) is 0 Å². The van der Waals surface area contributed by atoms with Gasteiger partial charge in [-0.1, -0.05) is 221 Å². The van der Waals surface area contributed by atoms with Gasteiger partial charge in [-0.2, -0.15) is 0 Å². The number of ether oxygens (including phenoxy) is 3. The molecule has 0 aromatic rings. The van der Waals surface area contributed by atoms with Crippen LogP contribution in [0.1, 0.15) is 259 Å². The van der Waals surface area contributed by atoms with Crippen LogP contribution in [0.2, 0.25) is 0 Å². The van der Waals surface area contributed by atoms with Crippen molar-refractivity contribution in [3.05, 3.63) is 0 Å². The highest BCUT2D eigenvalue weighted by Gasteiger charge is 2.19. The van der Waals surface area contributed by atoms with E-state index in [2.05, 4.69) is 34.6 Å². The molecular formula is C48H92O6. The van der Waals surface area contributed by atoms with Gasteiger partial charge in [-0.3, -0.25) is 14.4 Å². The lowest BCUT2D eigenvalue weighted by Crippen LogP contribution is -2.30. The average molecular weight is 765 g/mol. The first kappa shape index (κ1) is 52.4. The van der Waals surface area contributed by atoms with Crippen LogP contribution in [-0.4, -0.2) is 37.2 Å². The van der Waals surface area contributed by atoms with Crippen molar-refractivity contribution in [2.45, 2.75) is 265 Å². The summed E-state index contributed by atoms with van der Waals surface area (Å²) in [5.74, 6) is 0.767. The summed E-state index contributed by atoms with van der Waals surface area (Å²) in [5.41, 5.74) is 0. The quantitative estimate of drug-likeness (QED) is 0.0350. The molecule has 6 nitrogen and oxygen atoms in total. The third-order valence-electron chi connectivity index (χ3n) is 10.7. The molecule has 0 aliphatic rings. The first-order chi connectivity index (χ1) is 26.2. The Balaban J connectivity index is 4.15. The maximum Gasteiger partial charge on any atom is 0.306 e. The topological polar surface area (TPSA) is 78.9 Å². The molecule has 0 saturated heterocycles. The Hall–Kier alpha value is -1.59. The van der Waals surface area contributed by atoms with Gasteiger partial charge in [0.2, 0.25) is 0 Å². The predicted octanol–water partition coefficient (Wildman–Crippen LogP) is 15.0.